The molecule has 0 radical (unpaired) electrons. The molecule has 0 unspecified atom stereocenters. The quantitative estimate of drug-likeness (QED) is 0.764. The zero-order valence-electron chi connectivity index (χ0n) is 13.4. The van der Waals surface area contributed by atoms with Gasteiger partial charge in [0.2, 0.25) is 11.8 Å². The third-order valence-corrected chi connectivity index (χ3v) is 4.00. The van der Waals surface area contributed by atoms with Gasteiger partial charge in [-0.15, -0.1) is 0 Å². The maximum atomic E-state index is 12.2. The molecule has 0 bridgehead atoms. The lowest BCUT2D eigenvalue weighted by atomic mass is 10.1. The van der Waals surface area contributed by atoms with Gasteiger partial charge in [0, 0.05) is 17.3 Å². The first-order chi connectivity index (χ1) is 11.6. The number of amides is 2. The fourth-order valence-electron chi connectivity index (χ4n) is 2.42. The number of hydrogen-bond acceptors (Lipinski definition) is 3. The molecule has 0 heterocycles. The minimum absolute atomic E-state index is 0.0664. The third kappa shape index (κ3) is 4.43. The van der Waals surface area contributed by atoms with Crippen molar-refractivity contribution in [3.05, 3.63) is 60.2 Å². The van der Waals surface area contributed by atoms with Crippen LogP contribution >= 0.6 is 0 Å². The van der Waals surface area contributed by atoms with Gasteiger partial charge < -0.3 is 16.4 Å². The summed E-state index contributed by atoms with van der Waals surface area (Å²) in [5.74, 6) is 0.00523. The topological polar surface area (TPSA) is 84.2 Å². The summed E-state index contributed by atoms with van der Waals surface area (Å²) < 4.78 is 0. The summed E-state index contributed by atoms with van der Waals surface area (Å²) in [5.41, 5.74) is 8.39. The van der Waals surface area contributed by atoms with Crippen LogP contribution in [0.2, 0.25) is 0 Å². The molecule has 4 N–H and O–H groups in total. The smallest absolute Gasteiger partial charge is 0.241 e. The Hall–Kier alpha value is -2.66. The highest BCUT2D eigenvalue weighted by Gasteiger charge is 2.29. The highest BCUT2D eigenvalue weighted by atomic mass is 16.2. The molecule has 2 aromatic rings. The van der Waals surface area contributed by atoms with Gasteiger partial charge in [0.1, 0.15) is 0 Å². The van der Waals surface area contributed by atoms with Gasteiger partial charge in [0.25, 0.3) is 0 Å². The second-order valence-corrected chi connectivity index (χ2v) is 6.13. The van der Waals surface area contributed by atoms with E-state index in [9.17, 15) is 9.59 Å². The summed E-state index contributed by atoms with van der Waals surface area (Å²) in [7, 11) is 0. The van der Waals surface area contributed by atoms with Crippen LogP contribution in [0.15, 0.2) is 54.6 Å². The Balaban J connectivity index is 1.52. The summed E-state index contributed by atoms with van der Waals surface area (Å²) in [6.45, 7) is 0. The van der Waals surface area contributed by atoms with Crippen LogP contribution in [0.5, 0.6) is 0 Å². The minimum atomic E-state index is -0.610. The molecule has 0 aromatic heterocycles. The Morgan fingerprint density at radius 3 is 2.12 bits per heavy atom. The van der Waals surface area contributed by atoms with Crippen LogP contribution in [0.25, 0.3) is 0 Å². The van der Waals surface area contributed by atoms with Gasteiger partial charge in [-0.1, -0.05) is 30.3 Å². The molecule has 0 saturated heterocycles. The number of carbonyl (C=O) groups excluding carboxylic acids is 2. The molecule has 3 rings (SSSR count). The van der Waals surface area contributed by atoms with Crippen LogP contribution in [0, 0.1) is 5.92 Å². The molecule has 5 nitrogen and oxygen atoms in total. The minimum Gasteiger partial charge on any atom is -0.326 e. The molecular weight excluding hydrogens is 302 g/mol. The van der Waals surface area contributed by atoms with Crippen molar-refractivity contribution in [1.29, 1.82) is 0 Å². The third-order valence-electron chi connectivity index (χ3n) is 4.00. The predicted octanol–water partition coefficient (Wildman–Crippen LogP) is 2.54. The van der Waals surface area contributed by atoms with Gasteiger partial charge in [-0.2, -0.15) is 0 Å². The standard InChI is InChI=1S/C19H21N3O2/c20-17(12-13-4-2-1-3-5-13)19(24)22-16-10-8-15(9-11-16)21-18(23)14-6-7-14/h1-5,8-11,14,17H,6-7,12,20H2,(H,21,23)(H,22,24)/t17-/m0/s1. The molecule has 1 aliphatic rings. The molecular formula is C19H21N3O2. The molecule has 2 aromatic carbocycles. The summed E-state index contributed by atoms with van der Waals surface area (Å²) in [5, 5.41) is 5.66. The average Bonchev–Trinajstić information content (AvgIpc) is 3.42. The normalized spacial score (nSPS) is 14.7. The molecule has 5 heteroatoms. The van der Waals surface area contributed by atoms with Crippen molar-refractivity contribution in [2.45, 2.75) is 25.3 Å². The van der Waals surface area contributed by atoms with Crippen molar-refractivity contribution >= 4 is 23.2 Å². The number of carbonyl (C=O) groups is 2. The van der Waals surface area contributed by atoms with E-state index in [1.54, 1.807) is 24.3 Å². The van der Waals surface area contributed by atoms with Gasteiger partial charge >= 0.3 is 0 Å². The van der Waals surface area contributed by atoms with Crippen molar-refractivity contribution in [1.82, 2.24) is 0 Å². The van der Waals surface area contributed by atoms with Crippen molar-refractivity contribution in [3.8, 4) is 0 Å². The first-order valence-electron chi connectivity index (χ1n) is 8.13. The molecule has 1 atom stereocenters. The lowest BCUT2D eigenvalue weighted by Crippen LogP contribution is -2.37. The van der Waals surface area contributed by atoms with E-state index in [4.69, 9.17) is 5.73 Å². The van der Waals surface area contributed by atoms with E-state index in [0.717, 1.165) is 24.1 Å². The Kier molecular flexibility index (Phi) is 4.91. The summed E-state index contributed by atoms with van der Waals surface area (Å²) >= 11 is 0. The highest BCUT2D eigenvalue weighted by molar-refractivity contribution is 5.96. The Labute approximate surface area is 141 Å². The van der Waals surface area contributed by atoms with E-state index in [1.165, 1.54) is 0 Å². The van der Waals surface area contributed by atoms with Gasteiger partial charge in [-0.25, -0.2) is 0 Å². The lowest BCUT2D eigenvalue weighted by Gasteiger charge is -2.13. The van der Waals surface area contributed by atoms with Crippen LogP contribution in [-0.2, 0) is 16.0 Å². The largest absolute Gasteiger partial charge is 0.326 e. The Morgan fingerprint density at radius 1 is 0.958 bits per heavy atom. The van der Waals surface area contributed by atoms with E-state index in [-0.39, 0.29) is 17.7 Å². The monoisotopic (exact) mass is 323 g/mol. The van der Waals surface area contributed by atoms with Crippen molar-refractivity contribution in [3.63, 3.8) is 0 Å². The lowest BCUT2D eigenvalue weighted by molar-refractivity contribution is -0.118. The second kappa shape index (κ2) is 7.27. The van der Waals surface area contributed by atoms with Crippen molar-refractivity contribution < 1.29 is 9.59 Å². The van der Waals surface area contributed by atoms with Crippen LogP contribution in [0.4, 0.5) is 11.4 Å². The second-order valence-electron chi connectivity index (χ2n) is 6.13. The average molecular weight is 323 g/mol. The van der Waals surface area contributed by atoms with Crippen molar-refractivity contribution in [2.24, 2.45) is 11.7 Å². The van der Waals surface area contributed by atoms with Crippen LogP contribution in [0.1, 0.15) is 18.4 Å². The van der Waals surface area contributed by atoms with Crippen LogP contribution in [0.3, 0.4) is 0 Å². The molecule has 1 saturated carbocycles. The highest BCUT2D eigenvalue weighted by Crippen LogP contribution is 2.30. The number of hydrogen-bond donors (Lipinski definition) is 3. The van der Waals surface area contributed by atoms with E-state index < -0.39 is 6.04 Å². The maximum Gasteiger partial charge on any atom is 0.241 e. The summed E-state index contributed by atoms with van der Waals surface area (Å²) in [6.07, 6.45) is 2.43. The maximum absolute atomic E-state index is 12.2. The number of nitrogens with one attached hydrogen (secondary N) is 2. The zero-order valence-corrected chi connectivity index (χ0v) is 13.4. The van der Waals surface area contributed by atoms with Crippen molar-refractivity contribution in [2.75, 3.05) is 10.6 Å². The van der Waals surface area contributed by atoms with E-state index in [0.29, 0.717) is 12.1 Å². The van der Waals surface area contributed by atoms with Crippen LogP contribution in [-0.4, -0.2) is 17.9 Å². The fourth-order valence-corrected chi connectivity index (χ4v) is 2.42. The SMILES string of the molecule is N[C@@H](Cc1ccccc1)C(=O)Nc1ccc(NC(=O)C2CC2)cc1. The van der Waals surface area contributed by atoms with E-state index >= 15 is 0 Å². The van der Waals surface area contributed by atoms with Gasteiger partial charge in [-0.05, 0) is 49.1 Å². The number of benzene rings is 2. The molecule has 0 aliphatic heterocycles. The predicted molar refractivity (Wildman–Crippen MR) is 94.5 cm³/mol. The zero-order chi connectivity index (χ0) is 16.9. The molecule has 0 spiro atoms. The molecule has 24 heavy (non-hydrogen) atoms. The van der Waals surface area contributed by atoms with Gasteiger partial charge in [0.05, 0.1) is 6.04 Å². The fraction of sp³-hybridized carbons (Fsp3) is 0.263. The van der Waals surface area contributed by atoms with Crippen LogP contribution < -0.4 is 16.4 Å². The number of rotatable bonds is 6. The van der Waals surface area contributed by atoms with E-state index in [1.807, 2.05) is 30.3 Å². The Morgan fingerprint density at radius 2 is 1.54 bits per heavy atom. The summed E-state index contributed by atoms with van der Waals surface area (Å²) in [6, 6.07) is 16.1. The number of nitrogens with two attached hydrogens (primary N) is 1. The van der Waals surface area contributed by atoms with E-state index in [2.05, 4.69) is 10.6 Å². The molecule has 1 aliphatic carbocycles. The molecule has 124 valence electrons. The first-order valence-corrected chi connectivity index (χ1v) is 8.13. The van der Waals surface area contributed by atoms with Gasteiger partial charge in [0.15, 0.2) is 0 Å². The summed E-state index contributed by atoms with van der Waals surface area (Å²) in [4.78, 5) is 23.9. The number of anilines is 2. The van der Waals surface area contributed by atoms with Gasteiger partial charge in [-0.3, -0.25) is 9.59 Å². The first kappa shape index (κ1) is 16.2. The molecule has 2 amide bonds. The Bertz CT molecular complexity index is 709. The molecule has 1 fully saturated rings.